The van der Waals surface area contributed by atoms with Gasteiger partial charge >= 0.3 is 0 Å². The highest BCUT2D eigenvalue weighted by atomic mass is 35.5. The Labute approximate surface area is 109 Å². The Morgan fingerprint density at radius 2 is 1.94 bits per heavy atom. The van der Waals surface area contributed by atoms with Crippen LogP contribution in [0.25, 0.3) is 0 Å². The molecule has 2 rings (SSSR count). The maximum Gasteiger partial charge on any atom is 0.294 e. The normalized spacial score (nSPS) is 16.1. The topological polar surface area (TPSA) is 29.5 Å². The van der Waals surface area contributed by atoms with E-state index in [1.165, 1.54) is 30.3 Å². The summed E-state index contributed by atoms with van der Waals surface area (Å²) in [4.78, 5) is 0. The molecule has 1 atom stereocenters. The summed E-state index contributed by atoms with van der Waals surface area (Å²) in [5.74, 6) is -2.37. The predicted octanol–water partition coefficient (Wildman–Crippen LogP) is 3.09. The fourth-order valence-corrected chi connectivity index (χ4v) is 1.58. The van der Waals surface area contributed by atoms with Gasteiger partial charge in [0, 0.05) is 11.1 Å². The van der Waals surface area contributed by atoms with Crippen molar-refractivity contribution >= 4 is 11.6 Å². The summed E-state index contributed by atoms with van der Waals surface area (Å²) in [7, 11) is 0. The lowest BCUT2D eigenvalue weighted by Gasteiger charge is -2.15. The van der Waals surface area contributed by atoms with Crippen LogP contribution in [-0.2, 0) is 5.92 Å². The second-order valence-electron chi connectivity index (χ2n) is 4.15. The first-order valence-corrected chi connectivity index (χ1v) is 6.12. The van der Waals surface area contributed by atoms with Crippen LogP contribution in [-0.4, -0.2) is 23.7 Å². The quantitative estimate of drug-likeness (QED) is 0.638. The Kier molecular flexibility index (Phi) is 3.88. The number of benzene rings is 1. The molecule has 2 nitrogen and oxygen atoms in total. The molecule has 98 valence electrons. The number of allylic oxidation sites excluding steroid dienone is 2. The molecule has 1 aliphatic rings. The largest absolute Gasteiger partial charge is 0.491 e. The minimum Gasteiger partial charge on any atom is -0.491 e. The molecule has 0 saturated heterocycles. The lowest BCUT2D eigenvalue weighted by Crippen LogP contribution is -2.19. The average Bonchev–Trinajstić information content (AvgIpc) is 3.21. The zero-order valence-corrected chi connectivity index (χ0v) is 10.3. The van der Waals surface area contributed by atoms with Gasteiger partial charge in [-0.25, -0.2) is 0 Å². The molecule has 0 amide bonds. The molecule has 0 heterocycles. The lowest BCUT2D eigenvalue weighted by molar-refractivity contribution is 0.0427. The first-order valence-electron chi connectivity index (χ1n) is 5.58. The number of aliphatic hydroxyl groups excluding tert-OH is 1. The van der Waals surface area contributed by atoms with E-state index < -0.39 is 12.0 Å². The number of alkyl halides is 3. The second kappa shape index (κ2) is 5.24. The van der Waals surface area contributed by atoms with Gasteiger partial charge in [-0.05, 0) is 30.7 Å². The van der Waals surface area contributed by atoms with Gasteiger partial charge in [0.1, 0.15) is 18.5 Å². The van der Waals surface area contributed by atoms with E-state index in [4.69, 9.17) is 16.3 Å². The number of aliphatic hydroxyl groups is 1. The molecule has 0 radical (unpaired) electrons. The van der Waals surface area contributed by atoms with Gasteiger partial charge in [0.2, 0.25) is 0 Å². The van der Waals surface area contributed by atoms with Crippen LogP contribution in [0.2, 0.25) is 0 Å². The molecular weight excluding hydrogens is 262 g/mol. The van der Waals surface area contributed by atoms with Crippen LogP contribution in [0.4, 0.5) is 8.78 Å². The highest BCUT2D eigenvalue weighted by molar-refractivity contribution is 6.18. The van der Waals surface area contributed by atoms with Gasteiger partial charge in [-0.2, -0.15) is 8.78 Å². The van der Waals surface area contributed by atoms with Gasteiger partial charge in [0.25, 0.3) is 5.92 Å². The number of rotatable bonds is 6. The van der Waals surface area contributed by atoms with Gasteiger partial charge in [-0.1, -0.05) is 6.08 Å². The lowest BCUT2D eigenvalue weighted by atomic mass is 10.1. The van der Waals surface area contributed by atoms with E-state index in [0.29, 0.717) is 12.2 Å². The molecule has 1 aliphatic carbocycles. The fourth-order valence-electron chi connectivity index (χ4n) is 1.49. The predicted molar refractivity (Wildman–Crippen MR) is 65.3 cm³/mol. The molecule has 0 aromatic heterocycles. The molecular formula is C13H13ClF2O2. The summed E-state index contributed by atoms with van der Waals surface area (Å²) in [6, 6.07) is 5.60. The molecule has 0 saturated carbocycles. The van der Waals surface area contributed by atoms with Gasteiger partial charge < -0.3 is 9.84 Å². The third kappa shape index (κ3) is 3.00. The van der Waals surface area contributed by atoms with Gasteiger partial charge in [0.15, 0.2) is 0 Å². The Morgan fingerprint density at radius 1 is 1.33 bits per heavy atom. The van der Waals surface area contributed by atoms with Crippen LogP contribution in [0.15, 0.2) is 35.9 Å². The molecule has 5 heteroatoms. The number of halogens is 3. The van der Waals surface area contributed by atoms with Gasteiger partial charge in [0.05, 0.1) is 5.88 Å². The van der Waals surface area contributed by atoms with Crippen molar-refractivity contribution in [1.29, 1.82) is 0 Å². The van der Waals surface area contributed by atoms with Crippen molar-refractivity contribution in [3.8, 4) is 5.75 Å². The van der Waals surface area contributed by atoms with Crippen molar-refractivity contribution < 1.29 is 18.6 Å². The molecule has 1 N–H and O–H groups in total. The average molecular weight is 275 g/mol. The van der Waals surface area contributed by atoms with Crippen LogP contribution >= 0.6 is 11.6 Å². The maximum atomic E-state index is 13.7. The van der Waals surface area contributed by atoms with E-state index in [1.807, 2.05) is 0 Å². The van der Waals surface area contributed by atoms with Crippen molar-refractivity contribution in [1.82, 2.24) is 0 Å². The van der Waals surface area contributed by atoms with E-state index in [0.717, 1.165) is 0 Å². The summed E-state index contributed by atoms with van der Waals surface area (Å²) in [5, 5.41) is 9.20. The highest BCUT2D eigenvalue weighted by Crippen LogP contribution is 2.44. The van der Waals surface area contributed by atoms with Gasteiger partial charge in [-0.3, -0.25) is 0 Å². The van der Waals surface area contributed by atoms with E-state index in [2.05, 4.69) is 0 Å². The van der Waals surface area contributed by atoms with Gasteiger partial charge in [-0.15, -0.1) is 11.6 Å². The molecule has 18 heavy (non-hydrogen) atoms. The first kappa shape index (κ1) is 13.3. The Balaban J connectivity index is 1.99. The van der Waals surface area contributed by atoms with Crippen molar-refractivity contribution in [2.75, 3.05) is 12.5 Å². The van der Waals surface area contributed by atoms with E-state index in [9.17, 15) is 13.9 Å². The highest BCUT2D eigenvalue weighted by Gasteiger charge is 2.40. The van der Waals surface area contributed by atoms with E-state index in [1.54, 1.807) is 0 Å². The van der Waals surface area contributed by atoms with Crippen molar-refractivity contribution in [2.45, 2.75) is 18.4 Å². The first-order chi connectivity index (χ1) is 8.54. The van der Waals surface area contributed by atoms with Crippen LogP contribution in [0.3, 0.4) is 0 Å². The third-order valence-corrected chi connectivity index (χ3v) is 3.01. The molecule has 1 aromatic carbocycles. The summed E-state index contributed by atoms with van der Waals surface area (Å²) in [6.07, 6.45) is 1.14. The monoisotopic (exact) mass is 274 g/mol. The van der Waals surface area contributed by atoms with Crippen LogP contribution in [0, 0.1) is 0 Å². The molecule has 1 unspecified atom stereocenters. The summed E-state index contributed by atoms with van der Waals surface area (Å²) in [6.45, 7) is 0.0460. The summed E-state index contributed by atoms with van der Waals surface area (Å²) >= 11 is 5.41. The summed E-state index contributed by atoms with van der Waals surface area (Å²) < 4.78 is 32.6. The van der Waals surface area contributed by atoms with E-state index in [-0.39, 0.29) is 23.6 Å². The maximum absolute atomic E-state index is 13.7. The Morgan fingerprint density at radius 3 is 2.44 bits per heavy atom. The SMILES string of the molecule is OC(CCl)COc1ccc(C(F)(F)C2=CC2)cc1. The van der Waals surface area contributed by atoms with Crippen LogP contribution < -0.4 is 4.74 Å². The second-order valence-corrected chi connectivity index (χ2v) is 4.46. The molecule has 0 bridgehead atoms. The van der Waals surface area contributed by atoms with Crippen molar-refractivity contribution in [2.24, 2.45) is 0 Å². The zero-order valence-electron chi connectivity index (χ0n) is 9.57. The zero-order chi connectivity index (χ0) is 13.2. The number of hydrogen-bond acceptors (Lipinski definition) is 2. The smallest absolute Gasteiger partial charge is 0.294 e. The standard InChI is InChI=1S/C13H13ClF2O2/c14-7-11(17)8-18-12-5-3-10(4-6-12)13(15,16)9-1-2-9/h1,3-6,11,17H,2,7-8H2. The van der Waals surface area contributed by atoms with E-state index >= 15 is 0 Å². The summed E-state index contributed by atoms with van der Waals surface area (Å²) in [5.41, 5.74) is 0.116. The fraction of sp³-hybridized carbons (Fsp3) is 0.385. The minimum atomic E-state index is -2.88. The molecule has 0 spiro atoms. The molecule has 0 aliphatic heterocycles. The molecule has 0 fully saturated rings. The third-order valence-electron chi connectivity index (χ3n) is 2.65. The van der Waals surface area contributed by atoms with Crippen molar-refractivity contribution in [3.63, 3.8) is 0 Å². The molecule has 1 aromatic rings. The minimum absolute atomic E-state index is 0.0449. The number of ether oxygens (including phenoxy) is 1. The number of hydrogen-bond donors (Lipinski definition) is 1. The Hall–Kier alpha value is -1.13. The van der Waals surface area contributed by atoms with Crippen molar-refractivity contribution in [3.05, 3.63) is 41.5 Å². The van der Waals surface area contributed by atoms with Crippen LogP contribution in [0.1, 0.15) is 12.0 Å². The Bertz CT molecular complexity index is 443. The van der Waals surface area contributed by atoms with Crippen LogP contribution in [0.5, 0.6) is 5.75 Å².